The number of halogens is 1. The Kier molecular flexibility index (Phi) is 7.16. The lowest BCUT2D eigenvalue weighted by molar-refractivity contribution is -0.149. The number of amidine groups is 1. The number of methoxy groups -OCH3 is 2. The van der Waals surface area contributed by atoms with Crippen molar-refractivity contribution in [3.63, 3.8) is 0 Å². The normalized spacial score (nSPS) is 16.9. The molecule has 1 aromatic carbocycles. The number of pyridine rings is 1. The molecule has 0 saturated carbocycles. The number of carbonyl (C=O) groups is 1. The number of rotatable bonds is 7. The first kappa shape index (κ1) is 25.5. The number of aryl methyl sites for hydroxylation is 1. The molecule has 1 fully saturated rings. The zero-order valence-corrected chi connectivity index (χ0v) is 21.3. The molecule has 11 nitrogen and oxygen atoms in total. The molecule has 1 saturated heterocycles. The Labute approximate surface area is 218 Å². The molecule has 12 heteroatoms. The minimum Gasteiger partial charge on any atom is -0.481 e. The first-order chi connectivity index (χ1) is 18.4. The minimum absolute atomic E-state index is 0.0523. The van der Waals surface area contributed by atoms with Crippen molar-refractivity contribution < 1.29 is 23.5 Å². The fraction of sp³-hybridized carbons (Fsp3) is 0.346. The third-order valence-electron chi connectivity index (χ3n) is 6.57. The molecule has 1 atom stereocenters. The van der Waals surface area contributed by atoms with Gasteiger partial charge in [0.05, 0.1) is 41.9 Å². The molecular weight excluding hydrogens is 493 g/mol. The van der Waals surface area contributed by atoms with Crippen LogP contribution in [0.3, 0.4) is 0 Å². The number of amides is 1. The van der Waals surface area contributed by atoms with Crippen molar-refractivity contribution in [2.45, 2.75) is 25.5 Å². The van der Waals surface area contributed by atoms with Gasteiger partial charge in [0.1, 0.15) is 5.82 Å². The zero-order valence-electron chi connectivity index (χ0n) is 21.3. The van der Waals surface area contributed by atoms with Crippen LogP contribution in [0, 0.1) is 12.7 Å². The molecule has 1 amide bonds. The Morgan fingerprint density at radius 1 is 1.18 bits per heavy atom. The van der Waals surface area contributed by atoms with E-state index in [1.807, 2.05) is 0 Å². The molecule has 3 aromatic rings. The zero-order chi connectivity index (χ0) is 26.8. The van der Waals surface area contributed by atoms with E-state index in [-0.39, 0.29) is 24.6 Å². The fourth-order valence-corrected chi connectivity index (χ4v) is 4.59. The number of benzene rings is 1. The van der Waals surface area contributed by atoms with E-state index in [0.29, 0.717) is 59.4 Å². The summed E-state index contributed by atoms with van der Waals surface area (Å²) in [6, 6.07) is 9.30. The standard InChI is InChI=1S/C26H28FN7O4/c1-14-24-21(32-26(28)29-14)10-20(31-25(24)33-38-13-23(35)34-11-16(12-34)36-2)17-8-7-15(27)9-18(17)19-5-4-6-22(30-19)37-3/h4-9,16,20H,10-13H2,1-3H3,(H,31,33)(H2,28,29,32)/t20-/m1/s1. The number of carbonyl (C=O) groups excluding carboxylic acids is 1. The van der Waals surface area contributed by atoms with E-state index in [2.05, 4.69) is 20.4 Å². The van der Waals surface area contributed by atoms with E-state index in [1.165, 1.54) is 19.2 Å². The number of nitrogen functional groups attached to an aromatic ring is 1. The van der Waals surface area contributed by atoms with Crippen LogP contribution in [-0.2, 0) is 20.8 Å². The molecule has 3 N–H and O–H groups in total. The van der Waals surface area contributed by atoms with Gasteiger partial charge in [0.15, 0.2) is 12.4 Å². The van der Waals surface area contributed by atoms with Gasteiger partial charge in [0, 0.05) is 38.2 Å². The Bertz CT molecular complexity index is 1390. The summed E-state index contributed by atoms with van der Waals surface area (Å²) in [5.41, 5.74) is 12.5. The van der Waals surface area contributed by atoms with E-state index in [1.54, 1.807) is 43.2 Å². The number of hydrogen-bond acceptors (Lipinski definition) is 10. The summed E-state index contributed by atoms with van der Waals surface area (Å²) in [4.78, 5) is 37.7. The van der Waals surface area contributed by atoms with Crippen molar-refractivity contribution in [2.75, 3.05) is 39.6 Å². The molecule has 0 radical (unpaired) electrons. The minimum atomic E-state index is -0.473. The van der Waals surface area contributed by atoms with Crippen LogP contribution < -0.4 is 16.0 Å². The molecule has 0 spiro atoms. The van der Waals surface area contributed by atoms with Crippen molar-refractivity contribution in [1.82, 2.24) is 25.3 Å². The predicted molar refractivity (Wildman–Crippen MR) is 137 cm³/mol. The molecule has 38 heavy (non-hydrogen) atoms. The van der Waals surface area contributed by atoms with Crippen LogP contribution in [0.15, 0.2) is 41.4 Å². The van der Waals surface area contributed by atoms with E-state index >= 15 is 0 Å². The van der Waals surface area contributed by atoms with Gasteiger partial charge < -0.3 is 20.1 Å². The lowest BCUT2D eigenvalue weighted by Crippen LogP contribution is -2.55. The average Bonchev–Trinajstić information content (AvgIpc) is 2.87. The molecule has 2 aromatic heterocycles. The number of nitrogens with one attached hydrogen (secondary N) is 1. The van der Waals surface area contributed by atoms with Gasteiger partial charge in [-0.15, -0.1) is 0 Å². The molecule has 2 aliphatic heterocycles. The number of hydroxylamine groups is 1. The highest BCUT2D eigenvalue weighted by molar-refractivity contribution is 6.01. The molecule has 0 unspecified atom stereocenters. The van der Waals surface area contributed by atoms with Crippen molar-refractivity contribution in [3.8, 4) is 17.1 Å². The van der Waals surface area contributed by atoms with Crippen LogP contribution in [0.4, 0.5) is 10.3 Å². The molecule has 0 bridgehead atoms. The average molecular weight is 522 g/mol. The van der Waals surface area contributed by atoms with Crippen molar-refractivity contribution in [2.24, 2.45) is 4.99 Å². The van der Waals surface area contributed by atoms with Crippen molar-refractivity contribution in [3.05, 3.63) is 64.7 Å². The number of anilines is 1. The monoisotopic (exact) mass is 521 g/mol. The summed E-state index contributed by atoms with van der Waals surface area (Å²) >= 11 is 0. The van der Waals surface area contributed by atoms with E-state index in [0.717, 1.165) is 5.56 Å². The van der Waals surface area contributed by atoms with Gasteiger partial charge in [0.2, 0.25) is 11.8 Å². The highest BCUT2D eigenvalue weighted by Crippen LogP contribution is 2.36. The second-order valence-corrected chi connectivity index (χ2v) is 9.03. The van der Waals surface area contributed by atoms with Gasteiger partial charge in [-0.25, -0.2) is 24.8 Å². The molecular formula is C26H28FN7O4. The highest BCUT2D eigenvalue weighted by atomic mass is 19.1. The van der Waals surface area contributed by atoms with Crippen LogP contribution in [0.5, 0.6) is 5.88 Å². The first-order valence-corrected chi connectivity index (χ1v) is 12.1. The number of aliphatic imine (C=N–C) groups is 1. The van der Waals surface area contributed by atoms with Crippen molar-refractivity contribution >= 4 is 17.7 Å². The Balaban J connectivity index is 1.45. The van der Waals surface area contributed by atoms with Gasteiger partial charge in [0.25, 0.3) is 5.91 Å². The number of nitrogens with two attached hydrogens (primary N) is 1. The van der Waals surface area contributed by atoms with Crippen LogP contribution in [0.1, 0.15) is 28.6 Å². The largest absolute Gasteiger partial charge is 0.481 e. The van der Waals surface area contributed by atoms with Gasteiger partial charge in [-0.05, 0) is 30.7 Å². The third kappa shape index (κ3) is 5.13. The van der Waals surface area contributed by atoms with Gasteiger partial charge in [-0.2, -0.15) is 0 Å². The Morgan fingerprint density at radius 2 is 2.00 bits per heavy atom. The van der Waals surface area contributed by atoms with Crippen LogP contribution >= 0.6 is 0 Å². The van der Waals surface area contributed by atoms with Gasteiger partial charge >= 0.3 is 0 Å². The van der Waals surface area contributed by atoms with E-state index < -0.39 is 11.9 Å². The van der Waals surface area contributed by atoms with E-state index in [4.69, 9.17) is 25.0 Å². The molecule has 0 aliphatic carbocycles. The molecule has 4 heterocycles. The maximum atomic E-state index is 14.4. The maximum absolute atomic E-state index is 14.4. The Hall–Kier alpha value is -4.16. The topological polar surface area (TPSA) is 137 Å². The van der Waals surface area contributed by atoms with E-state index in [9.17, 15) is 9.18 Å². The van der Waals surface area contributed by atoms with Crippen LogP contribution in [-0.4, -0.2) is 71.6 Å². The lowest BCUT2D eigenvalue weighted by Gasteiger charge is -2.37. The molecule has 5 rings (SSSR count). The summed E-state index contributed by atoms with van der Waals surface area (Å²) in [6.07, 6.45) is 0.443. The Morgan fingerprint density at radius 3 is 2.76 bits per heavy atom. The highest BCUT2D eigenvalue weighted by Gasteiger charge is 2.31. The second-order valence-electron chi connectivity index (χ2n) is 9.03. The first-order valence-electron chi connectivity index (χ1n) is 12.1. The fourth-order valence-electron chi connectivity index (χ4n) is 4.59. The summed E-state index contributed by atoms with van der Waals surface area (Å²) in [6.45, 7) is 2.67. The number of nitrogens with zero attached hydrogens (tertiary/aromatic N) is 5. The maximum Gasteiger partial charge on any atom is 0.251 e. The number of ether oxygens (including phenoxy) is 2. The number of aromatic nitrogens is 3. The summed E-state index contributed by atoms with van der Waals surface area (Å²) in [7, 11) is 3.14. The smallest absolute Gasteiger partial charge is 0.251 e. The van der Waals surface area contributed by atoms with Gasteiger partial charge in [-0.3, -0.25) is 14.6 Å². The quantitative estimate of drug-likeness (QED) is 0.447. The number of fused-ring (bicyclic) bond motifs is 1. The van der Waals surface area contributed by atoms with Crippen molar-refractivity contribution in [1.29, 1.82) is 0 Å². The van der Waals surface area contributed by atoms with Gasteiger partial charge in [-0.1, -0.05) is 12.1 Å². The predicted octanol–water partition coefficient (Wildman–Crippen LogP) is 2.00. The second kappa shape index (κ2) is 10.7. The molecule has 2 aliphatic rings. The van der Waals surface area contributed by atoms with Crippen LogP contribution in [0.2, 0.25) is 0 Å². The number of hydrogen-bond donors (Lipinski definition) is 2. The van der Waals surface area contributed by atoms with Crippen LogP contribution in [0.25, 0.3) is 11.3 Å². The summed E-state index contributed by atoms with van der Waals surface area (Å²) in [5.74, 6) is 0.322. The number of likely N-dealkylation sites (tertiary alicyclic amines) is 1. The molecule has 198 valence electrons. The summed E-state index contributed by atoms with van der Waals surface area (Å²) in [5, 5.41) is 0. The summed E-state index contributed by atoms with van der Waals surface area (Å²) < 4.78 is 24.9. The third-order valence-corrected chi connectivity index (χ3v) is 6.57. The lowest BCUT2D eigenvalue weighted by atomic mass is 9.91. The SMILES string of the molecule is COc1cccc(-c2cc(F)ccc2[C@H]2Cc3nc(N)nc(C)c3C(NOCC(=O)N3CC(OC)C3)=N2)n1.